The van der Waals surface area contributed by atoms with E-state index < -0.39 is 16.0 Å². The van der Waals surface area contributed by atoms with E-state index >= 15 is 0 Å². The quantitative estimate of drug-likeness (QED) is 0.830. The minimum atomic E-state index is -3.72. The lowest BCUT2D eigenvalue weighted by Gasteiger charge is -2.11. The topological polar surface area (TPSA) is 83.5 Å². The molecule has 0 atom stereocenters. The standard InChI is InChI=1S/C16H15NO4S/c1-12(16(18)19)11-13-7-5-6-10-15(13)17-22(20,21)14-8-3-2-4-9-14/h2-11,17H,1H3,(H,18,19)/b12-11+. The molecule has 2 aromatic rings. The summed E-state index contributed by atoms with van der Waals surface area (Å²) in [4.78, 5) is 11.1. The first-order valence-electron chi connectivity index (χ1n) is 6.48. The predicted octanol–water partition coefficient (Wildman–Crippen LogP) is 2.98. The fourth-order valence-corrected chi connectivity index (χ4v) is 2.92. The molecule has 2 N–H and O–H groups in total. The summed E-state index contributed by atoms with van der Waals surface area (Å²) in [6.45, 7) is 1.45. The van der Waals surface area contributed by atoms with E-state index in [-0.39, 0.29) is 10.5 Å². The number of hydrogen-bond acceptors (Lipinski definition) is 3. The van der Waals surface area contributed by atoms with Crippen LogP contribution < -0.4 is 4.72 Å². The maximum atomic E-state index is 12.3. The Morgan fingerprint density at radius 2 is 1.64 bits per heavy atom. The molecule has 0 saturated heterocycles. The predicted molar refractivity (Wildman–Crippen MR) is 85.0 cm³/mol. The monoisotopic (exact) mass is 317 g/mol. The van der Waals surface area contributed by atoms with Crippen LogP contribution in [0.3, 0.4) is 0 Å². The van der Waals surface area contributed by atoms with Crippen LogP contribution in [0.2, 0.25) is 0 Å². The molecule has 114 valence electrons. The highest BCUT2D eigenvalue weighted by molar-refractivity contribution is 7.92. The lowest BCUT2D eigenvalue weighted by Crippen LogP contribution is -2.13. The van der Waals surface area contributed by atoms with Gasteiger partial charge in [0.2, 0.25) is 0 Å². The normalized spacial score (nSPS) is 12.0. The molecule has 0 radical (unpaired) electrons. The first-order valence-corrected chi connectivity index (χ1v) is 7.97. The number of rotatable bonds is 5. The minimum absolute atomic E-state index is 0.117. The molecule has 2 rings (SSSR count). The van der Waals surface area contributed by atoms with E-state index in [4.69, 9.17) is 5.11 Å². The van der Waals surface area contributed by atoms with Gasteiger partial charge in [0, 0.05) is 5.57 Å². The maximum Gasteiger partial charge on any atom is 0.331 e. The number of nitrogens with one attached hydrogen (secondary N) is 1. The average Bonchev–Trinajstić information content (AvgIpc) is 2.49. The number of aliphatic carboxylic acids is 1. The molecule has 0 aliphatic carbocycles. The smallest absolute Gasteiger partial charge is 0.331 e. The second-order valence-electron chi connectivity index (χ2n) is 4.64. The molecule has 2 aromatic carbocycles. The van der Waals surface area contributed by atoms with Gasteiger partial charge >= 0.3 is 5.97 Å². The van der Waals surface area contributed by atoms with Crippen LogP contribution in [0.15, 0.2) is 65.1 Å². The summed E-state index contributed by atoms with van der Waals surface area (Å²) in [7, 11) is -3.72. The van der Waals surface area contributed by atoms with Crippen molar-refractivity contribution in [1.82, 2.24) is 0 Å². The van der Waals surface area contributed by atoms with Crippen molar-refractivity contribution in [3.05, 3.63) is 65.7 Å². The van der Waals surface area contributed by atoms with Gasteiger partial charge in [-0.05, 0) is 36.8 Å². The second kappa shape index (κ2) is 6.44. The third-order valence-corrected chi connectivity index (χ3v) is 4.35. The Kier molecular flexibility index (Phi) is 4.62. The second-order valence-corrected chi connectivity index (χ2v) is 6.32. The van der Waals surface area contributed by atoms with Gasteiger partial charge in [-0.3, -0.25) is 4.72 Å². The molecule has 22 heavy (non-hydrogen) atoms. The Morgan fingerprint density at radius 3 is 2.27 bits per heavy atom. The summed E-state index contributed by atoms with van der Waals surface area (Å²) in [6.07, 6.45) is 1.42. The van der Waals surface area contributed by atoms with Crippen LogP contribution in [0, 0.1) is 0 Å². The first kappa shape index (κ1) is 15.8. The van der Waals surface area contributed by atoms with Gasteiger partial charge < -0.3 is 5.11 Å². The number of carbonyl (C=O) groups is 1. The van der Waals surface area contributed by atoms with Crippen LogP contribution in [-0.4, -0.2) is 19.5 Å². The molecule has 0 aliphatic heterocycles. The van der Waals surface area contributed by atoms with Gasteiger partial charge in [0.05, 0.1) is 10.6 Å². The molecule has 0 aliphatic rings. The van der Waals surface area contributed by atoms with Crippen molar-refractivity contribution in [3.8, 4) is 0 Å². The van der Waals surface area contributed by atoms with Gasteiger partial charge in [-0.1, -0.05) is 36.4 Å². The molecule has 5 nitrogen and oxygen atoms in total. The van der Waals surface area contributed by atoms with Crippen LogP contribution in [-0.2, 0) is 14.8 Å². The lowest BCUT2D eigenvalue weighted by atomic mass is 10.1. The number of carboxylic acid groups (broad SMARTS) is 1. The van der Waals surface area contributed by atoms with E-state index in [0.29, 0.717) is 11.3 Å². The van der Waals surface area contributed by atoms with Gasteiger partial charge in [0.1, 0.15) is 0 Å². The number of sulfonamides is 1. The number of anilines is 1. The van der Waals surface area contributed by atoms with Crippen molar-refractivity contribution in [2.45, 2.75) is 11.8 Å². The summed E-state index contributed by atoms with van der Waals surface area (Å²) in [6, 6.07) is 14.6. The number of para-hydroxylation sites is 1. The van der Waals surface area contributed by atoms with Gasteiger partial charge in [-0.2, -0.15) is 0 Å². The van der Waals surface area contributed by atoms with Gasteiger partial charge in [-0.25, -0.2) is 13.2 Å². The van der Waals surface area contributed by atoms with Gasteiger partial charge in [0.15, 0.2) is 0 Å². The summed E-state index contributed by atoms with van der Waals surface area (Å²) in [5.74, 6) is -1.05. The van der Waals surface area contributed by atoms with Crippen LogP contribution in [0.25, 0.3) is 6.08 Å². The molecule has 6 heteroatoms. The minimum Gasteiger partial charge on any atom is -0.478 e. The van der Waals surface area contributed by atoms with E-state index in [9.17, 15) is 13.2 Å². The van der Waals surface area contributed by atoms with Crippen molar-refractivity contribution >= 4 is 27.8 Å². The van der Waals surface area contributed by atoms with E-state index in [1.807, 2.05) is 0 Å². The molecular formula is C16H15NO4S. The molecule has 0 unspecified atom stereocenters. The third kappa shape index (κ3) is 3.73. The average molecular weight is 317 g/mol. The van der Waals surface area contributed by atoms with Crippen molar-refractivity contribution in [1.29, 1.82) is 0 Å². The van der Waals surface area contributed by atoms with Crippen molar-refractivity contribution in [2.24, 2.45) is 0 Å². The van der Waals surface area contributed by atoms with E-state index in [0.717, 1.165) is 0 Å². The highest BCUT2D eigenvalue weighted by Crippen LogP contribution is 2.22. The zero-order chi connectivity index (χ0) is 16.2. The Balaban J connectivity index is 2.39. The van der Waals surface area contributed by atoms with E-state index in [2.05, 4.69) is 4.72 Å². The SMILES string of the molecule is C/C(=C\c1ccccc1NS(=O)(=O)c1ccccc1)C(=O)O. The van der Waals surface area contributed by atoms with Crippen LogP contribution in [0.5, 0.6) is 0 Å². The van der Waals surface area contributed by atoms with E-state index in [1.165, 1.54) is 25.1 Å². The fraction of sp³-hybridized carbons (Fsp3) is 0.0625. The molecule has 0 heterocycles. The maximum absolute atomic E-state index is 12.3. The summed E-state index contributed by atoms with van der Waals surface area (Å²) in [5, 5.41) is 8.94. The summed E-state index contributed by atoms with van der Waals surface area (Å²) >= 11 is 0. The van der Waals surface area contributed by atoms with Crippen molar-refractivity contribution in [3.63, 3.8) is 0 Å². The first-order chi connectivity index (χ1) is 10.4. The molecule has 0 spiro atoms. The Hall–Kier alpha value is -2.60. The molecular weight excluding hydrogens is 302 g/mol. The Labute approximate surface area is 129 Å². The number of benzene rings is 2. The van der Waals surface area contributed by atoms with Crippen molar-refractivity contribution < 1.29 is 18.3 Å². The molecule has 0 aromatic heterocycles. The fourth-order valence-electron chi connectivity index (χ4n) is 1.81. The Bertz CT molecular complexity index is 811. The molecule has 0 fully saturated rings. The van der Waals surface area contributed by atoms with Crippen LogP contribution in [0.1, 0.15) is 12.5 Å². The zero-order valence-corrected chi connectivity index (χ0v) is 12.7. The lowest BCUT2D eigenvalue weighted by molar-refractivity contribution is -0.132. The van der Waals surface area contributed by atoms with Gasteiger partial charge in [-0.15, -0.1) is 0 Å². The summed E-state index contributed by atoms with van der Waals surface area (Å²) < 4.78 is 27.1. The highest BCUT2D eigenvalue weighted by atomic mass is 32.2. The Morgan fingerprint density at radius 1 is 1.05 bits per heavy atom. The summed E-state index contributed by atoms with van der Waals surface area (Å²) in [5.41, 5.74) is 0.931. The van der Waals surface area contributed by atoms with Crippen LogP contribution in [0.4, 0.5) is 5.69 Å². The molecule has 0 bridgehead atoms. The molecule has 0 amide bonds. The number of hydrogen-bond donors (Lipinski definition) is 2. The van der Waals surface area contributed by atoms with Crippen LogP contribution >= 0.6 is 0 Å². The largest absolute Gasteiger partial charge is 0.478 e. The van der Waals surface area contributed by atoms with E-state index in [1.54, 1.807) is 42.5 Å². The third-order valence-electron chi connectivity index (χ3n) is 2.97. The molecule has 0 saturated carbocycles. The number of carboxylic acids is 1. The zero-order valence-electron chi connectivity index (χ0n) is 11.9. The highest BCUT2D eigenvalue weighted by Gasteiger charge is 2.15. The van der Waals surface area contributed by atoms with Gasteiger partial charge in [0.25, 0.3) is 10.0 Å². The van der Waals surface area contributed by atoms with Crippen molar-refractivity contribution in [2.75, 3.05) is 4.72 Å².